The zero-order chi connectivity index (χ0) is 24.4. The van der Waals surface area contributed by atoms with Crippen LogP contribution in [0, 0.1) is 5.41 Å². The van der Waals surface area contributed by atoms with Gasteiger partial charge in [-0.3, -0.25) is 15.4 Å². The lowest BCUT2D eigenvalue weighted by molar-refractivity contribution is 0.386. The second-order valence-corrected chi connectivity index (χ2v) is 7.99. The number of nitrogen functional groups attached to an aromatic ring is 1. The van der Waals surface area contributed by atoms with E-state index in [1.54, 1.807) is 6.07 Å². The Hall–Kier alpha value is -4.67. The fourth-order valence-electron chi connectivity index (χ4n) is 3.72. The maximum atomic E-state index is 10.3. The van der Waals surface area contributed by atoms with Crippen LogP contribution in [0.1, 0.15) is 16.8 Å². The molecule has 0 bridgehead atoms. The van der Waals surface area contributed by atoms with Gasteiger partial charge in [0.05, 0.1) is 13.1 Å². The van der Waals surface area contributed by atoms with Crippen molar-refractivity contribution >= 4 is 17.5 Å². The van der Waals surface area contributed by atoms with Gasteiger partial charge in [0.25, 0.3) is 0 Å². The predicted molar refractivity (Wildman–Crippen MR) is 131 cm³/mol. The van der Waals surface area contributed by atoms with E-state index in [2.05, 4.69) is 30.2 Å². The highest BCUT2D eigenvalue weighted by atomic mass is 16.5. The van der Waals surface area contributed by atoms with Crippen molar-refractivity contribution in [3.63, 3.8) is 0 Å². The molecular formula is C24H24N8O3. The van der Waals surface area contributed by atoms with Gasteiger partial charge in [-0.1, -0.05) is 12.1 Å². The van der Waals surface area contributed by atoms with Crippen LogP contribution in [-0.2, 0) is 0 Å². The van der Waals surface area contributed by atoms with Crippen molar-refractivity contribution in [1.29, 1.82) is 5.41 Å². The number of hydrogen-bond acceptors (Lipinski definition) is 10. The van der Waals surface area contributed by atoms with Crippen LogP contribution < -0.4 is 20.5 Å². The summed E-state index contributed by atoms with van der Waals surface area (Å²) in [6.07, 6.45) is 0. The topological polar surface area (TPSA) is 154 Å². The van der Waals surface area contributed by atoms with Crippen molar-refractivity contribution in [2.24, 2.45) is 15.7 Å². The van der Waals surface area contributed by atoms with Crippen molar-refractivity contribution in [2.75, 3.05) is 33.2 Å². The zero-order valence-electron chi connectivity index (χ0n) is 19.0. The molecule has 0 spiro atoms. The molecule has 3 heterocycles. The third-order valence-corrected chi connectivity index (χ3v) is 5.44. The Kier molecular flexibility index (Phi) is 5.88. The summed E-state index contributed by atoms with van der Waals surface area (Å²) < 4.78 is 11.9. The second kappa shape index (κ2) is 9.29. The van der Waals surface area contributed by atoms with E-state index in [-0.39, 0.29) is 29.2 Å². The fraction of sp³-hybridized carbons (Fsp3) is 0.208. The molecule has 2 aliphatic rings. The van der Waals surface area contributed by atoms with Gasteiger partial charge in [0.1, 0.15) is 29.0 Å². The molecule has 0 fully saturated rings. The smallest absolute Gasteiger partial charge is 0.325 e. The van der Waals surface area contributed by atoms with Gasteiger partial charge < -0.3 is 30.5 Å². The monoisotopic (exact) mass is 472 g/mol. The molecule has 0 atom stereocenters. The van der Waals surface area contributed by atoms with E-state index in [0.29, 0.717) is 35.9 Å². The number of aliphatic imine (C=N–C) groups is 2. The van der Waals surface area contributed by atoms with Gasteiger partial charge in [-0.05, 0) is 30.3 Å². The fourth-order valence-corrected chi connectivity index (χ4v) is 3.72. The Labute approximate surface area is 201 Å². The maximum absolute atomic E-state index is 10.3. The third-order valence-electron chi connectivity index (χ3n) is 5.44. The molecule has 0 unspecified atom stereocenters. The van der Waals surface area contributed by atoms with E-state index in [4.69, 9.17) is 20.6 Å². The quantitative estimate of drug-likeness (QED) is 0.301. The van der Waals surface area contributed by atoms with Crippen LogP contribution in [0.2, 0.25) is 0 Å². The highest BCUT2D eigenvalue weighted by Gasteiger charge is 2.18. The molecule has 5 N–H and O–H groups in total. The van der Waals surface area contributed by atoms with Crippen molar-refractivity contribution < 1.29 is 14.6 Å². The second-order valence-electron chi connectivity index (χ2n) is 7.99. The van der Waals surface area contributed by atoms with Crippen LogP contribution in [0.5, 0.6) is 29.1 Å². The van der Waals surface area contributed by atoms with Crippen LogP contribution >= 0.6 is 0 Å². The first-order valence-electron chi connectivity index (χ1n) is 11.0. The summed E-state index contributed by atoms with van der Waals surface area (Å²) in [5.74, 6) is 2.00. The molecule has 2 aromatic carbocycles. The lowest BCUT2D eigenvalue weighted by Gasteiger charge is -2.15. The highest BCUT2D eigenvalue weighted by Crippen LogP contribution is 2.32. The Morgan fingerprint density at radius 3 is 2.71 bits per heavy atom. The number of hydrogen-bond donors (Lipinski definition) is 4. The van der Waals surface area contributed by atoms with E-state index < -0.39 is 0 Å². The zero-order valence-corrected chi connectivity index (χ0v) is 19.0. The number of phenolic OH excluding ortho intramolecular Hbond substituents is 1. The summed E-state index contributed by atoms with van der Waals surface area (Å²) in [5, 5.41) is 21.1. The summed E-state index contributed by atoms with van der Waals surface area (Å²) in [7, 11) is 2.00. The molecule has 0 aliphatic carbocycles. The lowest BCUT2D eigenvalue weighted by atomic mass is 10.2. The van der Waals surface area contributed by atoms with E-state index in [1.807, 2.05) is 31.3 Å². The van der Waals surface area contributed by atoms with Crippen LogP contribution in [0.15, 0.2) is 58.5 Å². The number of rotatable bonds is 7. The van der Waals surface area contributed by atoms with Crippen LogP contribution in [0.3, 0.4) is 0 Å². The van der Waals surface area contributed by atoms with Crippen molar-refractivity contribution in [2.45, 2.75) is 0 Å². The largest absolute Gasteiger partial charge is 0.504 e. The first-order valence-corrected chi connectivity index (χ1v) is 11.0. The maximum Gasteiger partial charge on any atom is 0.325 e. The molecule has 0 saturated carbocycles. The van der Waals surface area contributed by atoms with Gasteiger partial charge in [-0.15, -0.1) is 0 Å². The molecule has 178 valence electrons. The molecule has 1 aromatic heterocycles. The van der Waals surface area contributed by atoms with Crippen LogP contribution in [0.4, 0.5) is 0 Å². The highest BCUT2D eigenvalue weighted by molar-refractivity contribution is 6.00. The molecule has 0 radical (unpaired) electrons. The normalized spacial score (nSPS) is 14.8. The summed E-state index contributed by atoms with van der Waals surface area (Å²) >= 11 is 0. The van der Waals surface area contributed by atoms with Gasteiger partial charge in [-0.2, -0.15) is 9.97 Å². The number of aromatic nitrogens is 2. The number of nitrogens with one attached hydrogen (secondary N) is 2. The number of nitrogens with zero attached hydrogens (tertiary/aromatic N) is 5. The summed E-state index contributed by atoms with van der Waals surface area (Å²) in [6, 6.07) is 13.6. The Balaban J connectivity index is 1.48. The van der Waals surface area contributed by atoms with E-state index >= 15 is 0 Å². The molecule has 2 aliphatic heterocycles. The van der Waals surface area contributed by atoms with Crippen LogP contribution in [-0.4, -0.2) is 70.7 Å². The Bertz CT molecular complexity index is 1350. The van der Waals surface area contributed by atoms with E-state index in [9.17, 15) is 5.11 Å². The number of benzene rings is 2. The molecule has 3 aromatic rings. The number of likely N-dealkylation sites (N-methyl/N-ethyl adjacent to an activating group) is 1. The van der Waals surface area contributed by atoms with Crippen molar-refractivity contribution in [3.05, 3.63) is 65.4 Å². The molecule has 35 heavy (non-hydrogen) atoms. The van der Waals surface area contributed by atoms with Crippen molar-refractivity contribution in [1.82, 2.24) is 20.2 Å². The number of nitrogens with two attached hydrogens (primary N) is 1. The molecular weight excluding hydrogens is 448 g/mol. The van der Waals surface area contributed by atoms with Gasteiger partial charge in [0, 0.05) is 37.3 Å². The molecule has 11 heteroatoms. The van der Waals surface area contributed by atoms with Crippen molar-refractivity contribution in [3.8, 4) is 29.1 Å². The minimum atomic E-state index is -0.149. The summed E-state index contributed by atoms with van der Waals surface area (Å²) in [5.41, 5.74) is 7.40. The Morgan fingerprint density at radius 2 is 1.97 bits per heavy atom. The minimum absolute atomic E-state index is 0.0509. The average molecular weight is 473 g/mol. The van der Waals surface area contributed by atoms with Gasteiger partial charge >= 0.3 is 6.01 Å². The molecule has 0 saturated heterocycles. The predicted octanol–water partition coefficient (Wildman–Crippen LogP) is 2.09. The number of phenols is 1. The number of amidine groups is 3. The standard InChI is InChI=1S/C24H24N8O3/c1-32-10-9-29-23(32)15-3-2-4-16(11-15)34-24-30-17(22-27-7-8-28-22)13-20(31-24)35-19-12-14(21(25)26)5-6-18(19)33/h2-6,11-13,33H,7-10H2,1H3,(H3,25,26)(H,27,28). The average Bonchev–Trinajstić information content (AvgIpc) is 3.52. The third kappa shape index (κ3) is 4.83. The molecule has 11 nitrogen and oxygen atoms in total. The Morgan fingerprint density at radius 1 is 1.09 bits per heavy atom. The van der Waals surface area contributed by atoms with Gasteiger partial charge in [0.2, 0.25) is 5.88 Å². The van der Waals surface area contributed by atoms with E-state index in [1.165, 1.54) is 18.2 Å². The first-order chi connectivity index (χ1) is 17.0. The summed E-state index contributed by atoms with van der Waals surface area (Å²) in [4.78, 5) is 19.9. The minimum Gasteiger partial charge on any atom is -0.504 e. The van der Waals surface area contributed by atoms with Crippen LogP contribution in [0.25, 0.3) is 0 Å². The number of ether oxygens (including phenoxy) is 2. The van der Waals surface area contributed by atoms with E-state index in [0.717, 1.165) is 24.5 Å². The molecule has 5 rings (SSSR count). The molecule has 0 amide bonds. The SMILES string of the molecule is CN1CCN=C1c1cccc(Oc2nc(Oc3cc(C(=N)N)ccc3O)cc(C3=NCCN3)n2)c1. The first kappa shape index (κ1) is 22.1. The lowest BCUT2D eigenvalue weighted by Crippen LogP contribution is -2.23. The van der Waals surface area contributed by atoms with Gasteiger partial charge in [0.15, 0.2) is 11.5 Å². The van der Waals surface area contributed by atoms with Gasteiger partial charge in [-0.25, -0.2) is 0 Å². The number of aromatic hydroxyl groups is 1. The summed E-state index contributed by atoms with van der Waals surface area (Å²) in [6.45, 7) is 2.96.